The van der Waals surface area contributed by atoms with Gasteiger partial charge in [-0.05, 0) is 17.4 Å². The first-order valence-electron chi connectivity index (χ1n) is 3.56. The molecular formula is C6H9FN6. The zero-order chi connectivity index (χ0) is 9.68. The number of allylic oxidation sites excluding steroid dienone is 1. The number of halogens is 1. The lowest BCUT2D eigenvalue weighted by Gasteiger charge is -1.95. The first-order valence-corrected chi connectivity index (χ1v) is 3.56. The summed E-state index contributed by atoms with van der Waals surface area (Å²) in [6.07, 6.45) is 1.35. The molecule has 0 aliphatic carbocycles. The number of tetrazole rings is 1. The first-order chi connectivity index (χ1) is 6.25. The maximum Gasteiger partial charge on any atom is 0.200 e. The highest BCUT2D eigenvalue weighted by Crippen LogP contribution is 2.15. The van der Waals surface area contributed by atoms with Crippen molar-refractivity contribution >= 4 is 12.0 Å². The van der Waals surface area contributed by atoms with E-state index in [1.807, 2.05) is 0 Å². The van der Waals surface area contributed by atoms with E-state index in [0.29, 0.717) is 0 Å². The number of aromatic nitrogens is 4. The molecule has 0 amide bonds. The Kier molecular flexibility index (Phi) is 3.07. The van der Waals surface area contributed by atoms with Crippen LogP contribution in [-0.2, 0) is 0 Å². The molecule has 13 heavy (non-hydrogen) atoms. The highest BCUT2D eigenvalue weighted by Gasteiger charge is 2.07. The van der Waals surface area contributed by atoms with Crippen LogP contribution >= 0.6 is 0 Å². The van der Waals surface area contributed by atoms with Gasteiger partial charge in [-0.2, -0.15) is 0 Å². The second-order valence-electron chi connectivity index (χ2n) is 2.18. The normalized spacial score (nSPS) is 13.2. The minimum absolute atomic E-state index is 0.0827. The van der Waals surface area contributed by atoms with Gasteiger partial charge < -0.3 is 5.32 Å². The lowest BCUT2D eigenvalue weighted by molar-refractivity contribution is 0.641. The first kappa shape index (κ1) is 9.30. The molecule has 1 heterocycles. The fourth-order valence-electron chi connectivity index (χ4n) is 0.702. The topological polar surface area (TPSA) is 78.8 Å². The van der Waals surface area contributed by atoms with Gasteiger partial charge in [0.15, 0.2) is 0 Å². The molecule has 1 aromatic heterocycles. The van der Waals surface area contributed by atoms with Crippen LogP contribution in [0.25, 0.3) is 5.70 Å². The molecule has 1 rings (SSSR count). The number of rotatable bonds is 3. The molecule has 0 spiro atoms. The molecule has 0 aromatic carbocycles. The molecule has 0 atom stereocenters. The van der Waals surface area contributed by atoms with Gasteiger partial charge in [-0.3, -0.25) is 0 Å². The number of hydrogen-bond acceptors (Lipinski definition) is 4. The largest absolute Gasteiger partial charge is 0.379 e. The summed E-state index contributed by atoms with van der Waals surface area (Å²) in [5, 5.41) is 15.2. The smallest absolute Gasteiger partial charge is 0.200 e. The van der Waals surface area contributed by atoms with Gasteiger partial charge in [-0.15, -0.1) is 5.10 Å². The number of aromatic amines is 1. The lowest BCUT2D eigenvalue weighted by Crippen LogP contribution is -2.01. The van der Waals surface area contributed by atoms with Crippen molar-refractivity contribution in [3.8, 4) is 0 Å². The number of H-pyrrole nitrogens is 1. The Balaban J connectivity index is 2.96. The van der Waals surface area contributed by atoms with Crippen molar-refractivity contribution in [3.05, 3.63) is 11.7 Å². The van der Waals surface area contributed by atoms with Crippen LogP contribution < -0.4 is 5.32 Å². The standard InChI is InChI=1S/C6H9FN6/c1-4(7)5(9-3-8-2)6-10-12-13-11-6/h3H,1-2H3,(H,8,9)(H,10,11,12,13)/b5-4+. The quantitative estimate of drug-likeness (QED) is 0.516. The van der Waals surface area contributed by atoms with Crippen LogP contribution in [-0.4, -0.2) is 34.0 Å². The summed E-state index contributed by atoms with van der Waals surface area (Å²) < 4.78 is 12.9. The Morgan fingerprint density at radius 2 is 2.46 bits per heavy atom. The van der Waals surface area contributed by atoms with Gasteiger partial charge in [0, 0.05) is 7.05 Å². The van der Waals surface area contributed by atoms with E-state index in [-0.39, 0.29) is 11.5 Å². The molecular weight excluding hydrogens is 175 g/mol. The van der Waals surface area contributed by atoms with E-state index in [0.717, 1.165) is 0 Å². The monoisotopic (exact) mass is 184 g/mol. The minimum Gasteiger partial charge on any atom is -0.379 e. The van der Waals surface area contributed by atoms with Crippen LogP contribution in [0.1, 0.15) is 12.7 Å². The third kappa shape index (κ3) is 2.32. The molecule has 0 radical (unpaired) electrons. The fourth-order valence-corrected chi connectivity index (χ4v) is 0.702. The third-order valence-corrected chi connectivity index (χ3v) is 1.22. The van der Waals surface area contributed by atoms with Crippen LogP contribution in [0.4, 0.5) is 4.39 Å². The summed E-state index contributed by atoms with van der Waals surface area (Å²) in [6, 6.07) is 0. The predicted octanol–water partition coefficient (Wildman–Crippen LogP) is 0.105. The summed E-state index contributed by atoms with van der Waals surface area (Å²) in [5.74, 6) is -0.253. The molecule has 70 valence electrons. The van der Waals surface area contributed by atoms with E-state index in [4.69, 9.17) is 0 Å². The van der Waals surface area contributed by atoms with Crippen molar-refractivity contribution in [3.63, 3.8) is 0 Å². The Bertz CT molecular complexity index is 310. The molecule has 6 nitrogen and oxygen atoms in total. The summed E-state index contributed by atoms with van der Waals surface area (Å²) in [4.78, 5) is 3.78. The van der Waals surface area contributed by atoms with Gasteiger partial charge in [0.1, 0.15) is 11.5 Å². The van der Waals surface area contributed by atoms with Crippen LogP contribution in [0, 0.1) is 0 Å². The molecule has 0 aliphatic rings. The Morgan fingerprint density at radius 1 is 1.69 bits per heavy atom. The van der Waals surface area contributed by atoms with E-state index < -0.39 is 5.83 Å². The highest BCUT2D eigenvalue weighted by atomic mass is 19.1. The van der Waals surface area contributed by atoms with Crippen molar-refractivity contribution in [1.82, 2.24) is 25.9 Å². The van der Waals surface area contributed by atoms with Gasteiger partial charge in [0.25, 0.3) is 0 Å². The predicted molar refractivity (Wildman–Crippen MR) is 45.4 cm³/mol. The van der Waals surface area contributed by atoms with Crippen molar-refractivity contribution in [2.75, 3.05) is 7.05 Å². The Labute approximate surface area is 74.0 Å². The van der Waals surface area contributed by atoms with Crippen molar-refractivity contribution in [1.29, 1.82) is 0 Å². The molecule has 0 saturated heterocycles. The maximum absolute atomic E-state index is 12.9. The van der Waals surface area contributed by atoms with E-state index in [1.165, 1.54) is 13.3 Å². The minimum atomic E-state index is -0.454. The number of hydrogen-bond donors (Lipinski definition) is 2. The molecule has 7 heteroatoms. The van der Waals surface area contributed by atoms with E-state index in [1.54, 1.807) is 7.05 Å². The van der Waals surface area contributed by atoms with Crippen molar-refractivity contribution in [2.45, 2.75) is 6.92 Å². The summed E-state index contributed by atoms with van der Waals surface area (Å²) in [6.45, 7) is 1.28. The number of aliphatic imine (C=N–C) groups is 1. The SMILES string of the molecule is CN/C=N\C(=C(/C)F)c1nnn[nH]1. The average molecular weight is 184 g/mol. The van der Waals surface area contributed by atoms with Gasteiger partial charge >= 0.3 is 0 Å². The summed E-state index contributed by atoms with van der Waals surface area (Å²) in [7, 11) is 1.66. The maximum atomic E-state index is 12.9. The average Bonchev–Trinajstić information content (AvgIpc) is 2.57. The third-order valence-electron chi connectivity index (χ3n) is 1.22. The summed E-state index contributed by atoms with van der Waals surface area (Å²) >= 11 is 0. The van der Waals surface area contributed by atoms with Gasteiger partial charge in [0.2, 0.25) is 5.82 Å². The van der Waals surface area contributed by atoms with Crippen molar-refractivity contribution in [2.24, 2.45) is 4.99 Å². The van der Waals surface area contributed by atoms with Crippen LogP contribution in [0.15, 0.2) is 10.8 Å². The van der Waals surface area contributed by atoms with Crippen LogP contribution in [0.3, 0.4) is 0 Å². The van der Waals surface area contributed by atoms with Crippen LogP contribution in [0.2, 0.25) is 0 Å². The van der Waals surface area contributed by atoms with Crippen LogP contribution in [0.5, 0.6) is 0 Å². The second kappa shape index (κ2) is 4.29. The molecule has 0 unspecified atom stereocenters. The molecule has 1 aromatic rings. The molecule has 0 fully saturated rings. The second-order valence-corrected chi connectivity index (χ2v) is 2.18. The fraction of sp³-hybridized carbons (Fsp3) is 0.333. The molecule has 0 aliphatic heterocycles. The van der Waals surface area contributed by atoms with Gasteiger partial charge in [-0.25, -0.2) is 14.5 Å². The lowest BCUT2D eigenvalue weighted by atomic mass is 10.4. The summed E-state index contributed by atoms with van der Waals surface area (Å²) in [5.41, 5.74) is 0.0827. The van der Waals surface area contributed by atoms with Gasteiger partial charge in [-0.1, -0.05) is 0 Å². The highest BCUT2D eigenvalue weighted by molar-refractivity contribution is 5.70. The molecule has 0 saturated carbocycles. The Hall–Kier alpha value is -1.79. The number of nitrogens with one attached hydrogen (secondary N) is 2. The zero-order valence-electron chi connectivity index (χ0n) is 7.24. The van der Waals surface area contributed by atoms with E-state index >= 15 is 0 Å². The van der Waals surface area contributed by atoms with Gasteiger partial charge in [0.05, 0.1) is 6.34 Å². The molecule has 2 N–H and O–H groups in total. The molecule has 0 bridgehead atoms. The Morgan fingerprint density at radius 3 is 2.92 bits per heavy atom. The number of nitrogens with zero attached hydrogens (tertiary/aromatic N) is 4. The van der Waals surface area contributed by atoms with E-state index in [2.05, 4.69) is 30.9 Å². The van der Waals surface area contributed by atoms with Crippen molar-refractivity contribution < 1.29 is 4.39 Å². The van der Waals surface area contributed by atoms with E-state index in [9.17, 15) is 4.39 Å². The zero-order valence-corrected chi connectivity index (χ0v) is 7.24.